The van der Waals surface area contributed by atoms with Gasteiger partial charge >= 0.3 is 5.97 Å². The molecule has 1 atom stereocenters. The van der Waals surface area contributed by atoms with Gasteiger partial charge in [0.25, 0.3) is 5.56 Å². The van der Waals surface area contributed by atoms with Crippen molar-refractivity contribution in [2.24, 2.45) is 0 Å². The van der Waals surface area contributed by atoms with E-state index in [-0.39, 0.29) is 5.56 Å². The Morgan fingerprint density at radius 3 is 2.77 bits per heavy atom. The van der Waals surface area contributed by atoms with Crippen molar-refractivity contribution in [3.05, 3.63) is 61.0 Å². The lowest BCUT2D eigenvalue weighted by Crippen LogP contribution is -2.17. The number of H-pyrrole nitrogens is 1. The Bertz CT molecular complexity index is 1140. The number of carbonyl (C=O) groups excluding carboxylic acids is 1. The lowest BCUT2D eigenvalue weighted by atomic mass is 10.2. The standard InChI is InChI=1S/C18H14N2O3S3/c1-9-5-7-25-14(9)18(22)23-10(2)15-19-16(21)13-11(8-26-17(13)20-15)12-4-3-6-24-12/h3-8,10H,1-2H3,(H,19,20,21)/t10-/m0/s1. The summed E-state index contributed by atoms with van der Waals surface area (Å²) in [6.45, 7) is 3.57. The number of aromatic nitrogens is 2. The van der Waals surface area contributed by atoms with Gasteiger partial charge in [-0.15, -0.1) is 34.0 Å². The van der Waals surface area contributed by atoms with E-state index in [4.69, 9.17) is 4.74 Å². The van der Waals surface area contributed by atoms with E-state index in [1.807, 2.05) is 41.3 Å². The predicted octanol–water partition coefficient (Wildman–Crippen LogP) is 5.00. The molecule has 0 aliphatic rings. The molecule has 0 amide bonds. The van der Waals surface area contributed by atoms with Crippen LogP contribution in [0.15, 0.2) is 39.1 Å². The van der Waals surface area contributed by atoms with Crippen LogP contribution in [-0.2, 0) is 4.74 Å². The number of aromatic amines is 1. The second kappa shape index (κ2) is 6.79. The van der Waals surface area contributed by atoms with E-state index < -0.39 is 12.1 Å². The van der Waals surface area contributed by atoms with Gasteiger partial charge in [0, 0.05) is 15.8 Å². The van der Waals surface area contributed by atoms with E-state index in [0.717, 1.165) is 16.0 Å². The summed E-state index contributed by atoms with van der Waals surface area (Å²) in [6.07, 6.45) is -0.645. The van der Waals surface area contributed by atoms with Crippen LogP contribution in [0.2, 0.25) is 0 Å². The van der Waals surface area contributed by atoms with Crippen molar-refractivity contribution in [3.63, 3.8) is 0 Å². The third-order valence-corrected chi connectivity index (χ3v) is 6.74. The van der Waals surface area contributed by atoms with Gasteiger partial charge in [0.1, 0.15) is 9.71 Å². The zero-order valence-electron chi connectivity index (χ0n) is 13.9. The van der Waals surface area contributed by atoms with E-state index in [1.54, 1.807) is 18.3 Å². The summed E-state index contributed by atoms with van der Waals surface area (Å²) >= 11 is 4.33. The summed E-state index contributed by atoms with van der Waals surface area (Å²) in [5, 5.41) is 6.34. The van der Waals surface area contributed by atoms with Crippen LogP contribution >= 0.6 is 34.0 Å². The van der Waals surface area contributed by atoms with Gasteiger partial charge in [0.05, 0.1) is 5.39 Å². The Morgan fingerprint density at radius 2 is 2.08 bits per heavy atom. The van der Waals surface area contributed by atoms with Crippen LogP contribution in [0, 0.1) is 6.92 Å². The molecule has 0 saturated heterocycles. The van der Waals surface area contributed by atoms with Crippen molar-refractivity contribution >= 4 is 50.2 Å². The Morgan fingerprint density at radius 1 is 1.23 bits per heavy atom. The zero-order chi connectivity index (χ0) is 18.3. The molecule has 4 heterocycles. The maximum atomic E-state index is 12.6. The SMILES string of the molecule is Cc1ccsc1C(=O)O[C@@H](C)c1nc2scc(-c3cccs3)c2c(=O)[nH]1. The number of rotatable bonds is 4. The van der Waals surface area contributed by atoms with Gasteiger partial charge in [-0.1, -0.05) is 6.07 Å². The molecule has 0 saturated carbocycles. The Balaban J connectivity index is 1.66. The number of ether oxygens (including phenoxy) is 1. The largest absolute Gasteiger partial charge is 0.450 e. The van der Waals surface area contributed by atoms with E-state index in [1.165, 1.54) is 22.7 Å². The maximum absolute atomic E-state index is 12.6. The quantitative estimate of drug-likeness (QED) is 0.488. The topological polar surface area (TPSA) is 72.0 Å². The Hall–Kier alpha value is -2.29. The monoisotopic (exact) mass is 402 g/mol. The molecule has 0 radical (unpaired) electrons. The van der Waals surface area contributed by atoms with Crippen LogP contribution in [-0.4, -0.2) is 15.9 Å². The highest BCUT2D eigenvalue weighted by Crippen LogP contribution is 2.34. The predicted molar refractivity (Wildman–Crippen MR) is 106 cm³/mol. The van der Waals surface area contributed by atoms with Gasteiger partial charge in [-0.05, 0) is 42.3 Å². The van der Waals surface area contributed by atoms with Crippen molar-refractivity contribution in [2.75, 3.05) is 0 Å². The first-order valence-corrected chi connectivity index (χ1v) is 10.5. The second-order valence-corrected chi connectivity index (χ2v) is 8.46. The third-order valence-electron chi connectivity index (χ3n) is 3.97. The smallest absolute Gasteiger partial charge is 0.349 e. The highest BCUT2D eigenvalue weighted by Gasteiger charge is 2.20. The highest BCUT2D eigenvalue weighted by molar-refractivity contribution is 7.18. The third kappa shape index (κ3) is 3.00. The lowest BCUT2D eigenvalue weighted by molar-refractivity contribution is 0.0325. The van der Waals surface area contributed by atoms with Crippen molar-refractivity contribution in [1.82, 2.24) is 9.97 Å². The molecule has 4 rings (SSSR count). The fraction of sp³-hybridized carbons (Fsp3) is 0.167. The summed E-state index contributed by atoms with van der Waals surface area (Å²) < 4.78 is 5.49. The van der Waals surface area contributed by atoms with Gasteiger partial charge in [0.2, 0.25) is 0 Å². The molecule has 4 aromatic rings. The van der Waals surface area contributed by atoms with E-state index >= 15 is 0 Å². The first kappa shape index (κ1) is 17.1. The minimum Gasteiger partial charge on any atom is -0.450 e. The average molecular weight is 403 g/mol. The van der Waals surface area contributed by atoms with Crippen molar-refractivity contribution < 1.29 is 9.53 Å². The summed E-state index contributed by atoms with van der Waals surface area (Å²) in [6, 6.07) is 5.80. The van der Waals surface area contributed by atoms with Gasteiger partial charge < -0.3 is 9.72 Å². The summed E-state index contributed by atoms with van der Waals surface area (Å²) in [4.78, 5) is 34.4. The molecular formula is C18H14N2O3S3. The van der Waals surface area contributed by atoms with Gasteiger partial charge in [-0.2, -0.15) is 0 Å². The van der Waals surface area contributed by atoms with E-state index in [9.17, 15) is 9.59 Å². The zero-order valence-corrected chi connectivity index (χ0v) is 16.4. The first-order valence-electron chi connectivity index (χ1n) is 7.85. The normalized spacial score (nSPS) is 12.4. The van der Waals surface area contributed by atoms with Crippen LogP contribution in [0.3, 0.4) is 0 Å². The molecule has 26 heavy (non-hydrogen) atoms. The average Bonchev–Trinajstić information content (AvgIpc) is 3.34. The van der Waals surface area contributed by atoms with Crippen LogP contribution in [0.1, 0.15) is 34.1 Å². The molecule has 4 aromatic heterocycles. The number of carbonyl (C=O) groups is 1. The van der Waals surface area contributed by atoms with Gasteiger partial charge in [-0.25, -0.2) is 9.78 Å². The van der Waals surface area contributed by atoms with Crippen molar-refractivity contribution in [2.45, 2.75) is 20.0 Å². The minimum atomic E-state index is -0.645. The highest BCUT2D eigenvalue weighted by atomic mass is 32.1. The number of aryl methyl sites for hydroxylation is 1. The number of esters is 1. The van der Waals surface area contributed by atoms with Crippen molar-refractivity contribution in [1.29, 1.82) is 0 Å². The van der Waals surface area contributed by atoms with E-state index in [2.05, 4.69) is 9.97 Å². The molecule has 132 valence electrons. The molecule has 0 aromatic carbocycles. The molecule has 0 aliphatic carbocycles. The van der Waals surface area contributed by atoms with E-state index in [0.29, 0.717) is 20.9 Å². The number of fused-ring (bicyclic) bond motifs is 1. The minimum absolute atomic E-state index is 0.218. The van der Waals surface area contributed by atoms with Crippen LogP contribution in [0.5, 0.6) is 0 Å². The molecule has 0 fully saturated rings. The number of hydrogen-bond acceptors (Lipinski definition) is 7. The number of nitrogens with one attached hydrogen (secondary N) is 1. The molecule has 0 bridgehead atoms. The summed E-state index contributed by atoms with van der Waals surface area (Å²) in [7, 11) is 0. The maximum Gasteiger partial charge on any atom is 0.349 e. The van der Waals surface area contributed by atoms with Crippen LogP contribution in [0.25, 0.3) is 20.7 Å². The first-order chi connectivity index (χ1) is 12.5. The second-order valence-electron chi connectivity index (χ2n) is 5.74. The Labute approximate surface area is 160 Å². The Kier molecular flexibility index (Phi) is 4.47. The van der Waals surface area contributed by atoms with Crippen molar-refractivity contribution in [3.8, 4) is 10.4 Å². The molecule has 1 N–H and O–H groups in total. The number of nitrogens with zero attached hydrogens (tertiary/aromatic N) is 1. The van der Waals surface area contributed by atoms with Gasteiger partial charge in [0.15, 0.2) is 11.9 Å². The fourth-order valence-corrected chi connectivity index (χ4v) is 5.20. The van der Waals surface area contributed by atoms with Crippen LogP contribution in [0.4, 0.5) is 0 Å². The molecule has 0 unspecified atom stereocenters. The van der Waals surface area contributed by atoms with Crippen LogP contribution < -0.4 is 5.56 Å². The van der Waals surface area contributed by atoms with Gasteiger partial charge in [-0.3, -0.25) is 4.79 Å². The molecule has 0 spiro atoms. The molecule has 0 aliphatic heterocycles. The lowest BCUT2D eigenvalue weighted by Gasteiger charge is -2.12. The summed E-state index contributed by atoms with van der Waals surface area (Å²) in [5.41, 5.74) is 1.55. The molecular weight excluding hydrogens is 388 g/mol. The fourth-order valence-electron chi connectivity index (χ4n) is 2.62. The number of hydrogen-bond donors (Lipinski definition) is 1. The number of thiophene rings is 3. The molecule has 8 heteroatoms. The summed E-state index contributed by atoms with van der Waals surface area (Å²) in [5.74, 6) is -0.0529. The molecule has 5 nitrogen and oxygen atoms in total.